The maximum absolute atomic E-state index is 9.36. The third-order valence-corrected chi connectivity index (χ3v) is 5.39. The Balaban J connectivity index is -0.000000343. The van der Waals surface area contributed by atoms with Gasteiger partial charge in [0.15, 0.2) is 0 Å². The molecule has 1 aliphatic rings. The monoisotopic (exact) mass is 463 g/mol. The van der Waals surface area contributed by atoms with Crippen molar-refractivity contribution in [3.8, 4) is 5.75 Å². The molecule has 1 aliphatic carbocycles. The Hall–Kier alpha value is -0.119. The number of hydrogen-bond donors (Lipinski definition) is 1. The van der Waals surface area contributed by atoms with Gasteiger partial charge in [0.05, 0.1) is 0 Å². The van der Waals surface area contributed by atoms with Crippen LogP contribution < -0.4 is 0 Å². The Morgan fingerprint density at radius 1 is 1.07 bits per heavy atom. The minimum absolute atomic E-state index is 0. The third-order valence-electron chi connectivity index (χ3n) is 3.43. The van der Waals surface area contributed by atoms with Crippen LogP contribution in [0.25, 0.3) is 0 Å². The van der Waals surface area contributed by atoms with Crippen LogP contribution in [0.4, 0.5) is 0 Å². The van der Waals surface area contributed by atoms with E-state index >= 15 is 0 Å². The van der Waals surface area contributed by atoms with Crippen LogP contribution in [0.3, 0.4) is 0 Å². The molecule has 0 spiro atoms. The molecule has 0 aromatic heterocycles. The summed E-state index contributed by atoms with van der Waals surface area (Å²) in [6, 6.07) is 5.71. The quantitative estimate of drug-likeness (QED) is 0.346. The van der Waals surface area contributed by atoms with E-state index in [2.05, 4.69) is 98.5 Å². The molecule has 0 atom stereocenters. The molecule has 0 unspecified atom stereocenters. The summed E-state index contributed by atoms with van der Waals surface area (Å²) >= 11 is 2.08. The standard InChI is InChI=1S/C11H16O.C8H13Si.C3H6.2ClH.Ti/c1-8-5-9(11(2,3)4)7-10(12)6-8;1-9(2,3)8-6-4-5-7-8;1-3-2;;;/h5-7,12H,1-4H3;4,6H,5H2,1-3H3;1-2H3;2*1H;/q;-1;;;;+1. The van der Waals surface area contributed by atoms with Gasteiger partial charge >= 0.3 is 37.6 Å². The largest absolute Gasteiger partial charge is 0.508 e. The summed E-state index contributed by atoms with van der Waals surface area (Å²) in [7, 11) is -1.01. The number of benzene rings is 1. The van der Waals surface area contributed by atoms with E-state index in [0.29, 0.717) is 5.75 Å². The predicted molar refractivity (Wildman–Crippen MR) is 126 cm³/mol. The van der Waals surface area contributed by atoms with E-state index in [-0.39, 0.29) is 30.2 Å². The first-order valence-corrected chi connectivity index (χ1v) is 13.1. The van der Waals surface area contributed by atoms with Crippen molar-refractivity contribution in [2.24, 2.45) is 0 Å². The van der Waals surface area contributed by atoms with Crippen molar-refractivity contribution < 1.29 is 25.1 Å². The van der Waals surface area contributed by atoms with Crippen LogP contribution in [-0.2, 0) is 25.4 Å². The van der Waals surface area contributed by atoms with Crippen LogP contribution in [0.2, 0.25) is 19.6 Å². The van der Waals surface area contributed by atoms with Gasteiger partial charge in [-0.3, -0.25) is 6.08 Å². The van der Waals surface area contributed by atoms with Crippen LogP contribution in [-0.4, -0.2) is 17.0 Å². The molecule has 0 amide bonds. The number of aromatic hydroxyl groups is 1. The summed E-state index contributed by atoms with van der Waals surface area (Å²) in [5.41, 5.74) is 2.41. The second-order valence-electron chi connectivity index (χ2n) is 8.75. The summed E-state index contributed by atoms with van der Waals surface area (Å²) in [6.45, 7) is 19.6. The first-order chi connectivity index (χ1) is 11.2. The van der Waals surface area contributed by atoms with Gasteiger partial charge < -0.3 is 5.11 Å². The van der Waals surface area contributed by atoms with Gasteiger partial charge in [0.2, 0.25) is 0 Å². The van der Waals surface area contributed by atoms with Gasteiger partial charge in [-0.15, -0.1) is 31.2 Å². The Bertz CT molecular complexity index is 614. The van der Waals surface area contributed by atoms with E-state index in [1.165, 1.54) is 14.6 Å². The number of phenols is 1. The molecule has 1 N–H and O–H groups in total. The van der Waals surface area contributed by atoms with Crippen LogP contribution in [0.1, 0.15) is 52.2 Å². The zero-order chi connectivity index (χ0) is 19.8. The molecule has 1 aromatic carbocycles. The molecule has 2 rings (SSSR count). The SMILES string of the molecule is C[C](C)=[Ti+].C[Si](C)(C)C1=[C-]CC=C1.Cc1cc(O)cc(C(C)(C)C)c1.Cl.Cl. The second-order valence-corrected chi connectivity index (χ2v) is 15.4. The number of rotatable bonds is 1. The van der Waals surface area contributed by atoms with E-state index in [1.807, 2.05) is 13.0 Å². The molecular weight excluding hydrogens is 427 g/mol. The molecule has 5 heteroatoms. The zero-order valence-corrected chi connectivity index (χ0v) is 22.6. The van der Waals surface area contributed by atoms with Gasteiger partial charge in [0.25, 0.3) is 0 Å². The topological polar surface area (TPSA) is 20.2 Å². The van der Waals surface area contributed by atoms with E-state index in [4.69, 9.17) is 0 Å². The Labute approximate surface area is 192 Å². The van der Waals surface area contributed by atoms with E-state index in [9.17, 15) is 5.11 Å². The minimum Gasteiger partial charge on any atom is -0.508 e. The van der Waals surface area contributed by atoms with Crippen molar-refractivity contribution in [2.75, 3.05) is 0 Å². The van der Waals surface area contributed by atoms with Gasteiger partial charge in [-0.25, -0.2) is 11.3 Å². The Kier molecular flexibility index (Phi) is 16.3. The number of halogens is 2. The van der Waals surface area contributed by atoms with E-state index in [0.717, 1.165) is 12.0 Å². The number of allylic oxidation sites excluding steroid dienone is 4. The van der Waals surface area contributed by atoms with E-state index < -0.39 is 8.07 Å². The average molecular weight is 464 g/mol. The average Bonchev–Trinajstić information content (AvgIpc) is 2.89. The predicted octanol–water partition coefficient (Wildman–Crippen LogP) is 7.14. The van der Waals surface area contributed by atoms with Gasteiger partial charge in [-0.1, -0.05) is 46.5 Å². The maximum Gasteiger partial charge on any atom is 0.116 e. The van der Waals surface area contributed by atoms with Crippen molar-refractivity contribution in [3.05, 3.63) is 52.8 Å². The van der Waals surface area contributed by atoms with Gasteiger partial charge in [-0.2, -0.15) is 6.08 Å². The van der Waals surface area contributed by atoms with Gasteiger partial charge in [-0.05, 0) is 35.6 Å². The molecule has 0 saturated carbocycles. The zero-order valence-electron chi connectivity index (χ0n) is 18.4. The fraction of sp³-hybridized carbons (Fsp3) is 0.500. The summed E-state index contributed by atoms with van der Waals surface area (Å²) < 4.78 is 1.42. The molecule has 27 heavy (non-hydrogen) atoms. The molecule has 0 heterocycles. The smallest absolute Gasteiger partial charge is 0.116 e. The Morgan fingerprint density at radius 2 is 1.56 bits per heavy atom. The summed E-state index contributed by atoms with van der Waals surface area (Å²) in [6.07, 6.45) is 8.82. The third kappa shape index (κ3) is 15.5. The van der Waals surface area contributed by atoms with Crippen LogP contribution in [0.15, 0.2) is 35.5 Å². The molecule has 0 aliphatic heterocycles. The maximum atomic E-state index is 9.36. The van der Waals surface area contributed by atoms with Crippen LogP contribution in [0.5, 0.6) is 5.75 Å². The number of phenolic OH excluding ortho intramolecular Hbond substituents is 1. The number of hydrogen-bond acceptors (Lipinski definition) is 1. The molecule has 0 bridgehead atoms. The van der Waals surface area contributed by atoms with E-state index in [1.54, 1.807) is 6.07 Å². The molecule has 0 radical (unpaired) electrons. The normalized spacial score (nSPS) is 12.3. The van der Waals surface area contributed by atoms with Crippen LogP contribution in [0, 0.1) is 13.0 Å². The van der Waals surface area contributed by atoms with Crippen molar-refractivity contribution in [1.29, 1.82) is 0 Å². The van der Waals surface area contributed by atoms with Crippen molar-refractivity contribution in [1.82, 2.24) is 0 Å². The first-order valence-electron chi connectivity index (χ1n) is 8.84. The molecule has 153 valence electrons. The Morgan fingerprint density at radius 3 is 1.81 bits per heavy atom. The molecule has 1 nitrogen and oxygen atoms in total. The van der Waals surface area contributed by atoms with Crippen molar-refractivity contribution in [3.63, 3.8) is 0 Å². The molecule has 0 fully saturated rings. The van der Waals surface area contributed by atoms with Gasteiger partial charge in [0, 0.05) is 8.07 Å². The van der Waals surface area contributed by atoms with Crippen molar-refractivity contribution in [2.45, 2.75) is 73.0 Å². The fourth-order valence-corrected chi connectivity index (χ4v) is 3.37. The fourth-order valence-electron chi connectivity index (χ4n) is 2.12. The van der Waals surface area contributed by atoms with Crippen LogP contribution >= 0.6 is 24.8 Å². The summed E-state index contributed by atoms with van der Waals surface area (Å²) in [5.74, 6) is 0.361. The number of aryl methyl sites for hydroxylation is 1. The van der Waals surface area contributed by atoms with Crippen molar-refractivity contribution >= 4 is 36.7 Å². The minimum atomic E-state index is -1.01. The second kappa shape index (κ2) is 14.0. The molecule has 0 saturated heterocycles. The first kappa shape index (κ1) is 31.6. The summed E-state index contributed by atoms with van der Waals surface area (Å²) in [4.78, 5) is 0. The molecule has 1 aromatic rings. The van der Waals surface area contributed by atoms with Gasteiger partial charge in [0.1, 0.15) is 5.75 Å². The molecular formula is C22H37Cl2OSiTi. The summed E-state index contributed by atoms with van der Waals surface area (Å²) in [5, 5.41) is 10.8.